The standard InChI is InChI=1S/C7H7ClN2O2/c1-2-12-7-5(8)3-9-6(4-11)10-7/h3,9H,2H2,1H3. The molecule has 1 heterocycles. The van der Waals surface area contributed by atoms with Gasteiger partial charge in [0.2, 0.25) is 11.7 Å². The summed E-state index contributed by atoms with van der Waals surface area (Å²) in [4.78, 5) is 13.9. The first kappa shape index (κ1) is 8.84. The Hall–Kier alpha value is -1.25. The molecule has 0 aliphatic carbocycles. The maximum absolute atomic E-state index is 10.2. The fraction of sp³-hybridized carbons (Fsp3) is 0.286. The molecule has 1 aliphatic heterocycles. The Kier molecular flexibility index (Phi) is 2.91. The first-order valence-electron chi connectivity index (χ1n) is 3.37. The third kappa shape index (κ3) is 1.87. The minimum Gasteiger partial charge on any atom is -0.477 e. The van der Waals surface area contributed by atoms with E-state index >= 15 is 0 Å². The van der Waals surface area contributed by atoms with E-state index in [1.54, 1.807) is 12.9 Å². The minimum absolute atomic E-state index is 0.0721. The van der Waals surface area contributed by atoms with Gasteiger partial charge in [-0.2, -0.15) is 4.99 Å². The number of halogens is 1. The van der Waals surface area contributed by atoms with Gasteiger partial charge in [-0.05, 0) is 6.92 Å². The summed E-state index contributed by atoms with van der Waals surface area (Å²) in [6.45, 7) is 2.26. The van der Waals surface area contributed by atoms with Crippen LogP contribution < -0.4 is 5.32 Å². The summed E-state index contributed by atoms with van der Waals surface area (Å²) < 4.78 is 5.04. The molecule has 5 heteroatoms. The molecule has 0 aromatic carbocycles. The van der Waals surface area contributed by atoms with Crippen molar-refractivity contribution in [2.75, 3.05) is 6.61 Å². The molecule has 12 heavy (non-hydrogen) atoms. The third-order valence-corrected chi connectivity index (χ3v) is 1.40. The summed E-state index contributed by atoms with van der Waals surface area (Å²) in [7, 11) is 0. The van der Waals surface area contributed by atoms with Crippen molar-refractivity contribution in [3.63, 3.8) is 0 Å². The summed E-state index contributed by atoms with van der Waals surface area (Å²) >= 11 is 5.68. The van der Waals surface area contributed by atoms with E-state index in [4.69, 9.17) is 16.3 Å². The molecule has 0 fully saturated rings. The van der Waals surface area contributed by atoms with Gasteiger partial charge in [0.25, 0.3) is 0 Å². The van der Waals surface area contributed by atoms with E-state index in [2.05, 4.69) is 10.3 Å². The van der Waals surface area contributed by atoms with Gasteiger partial charge in [-0.15, -0.1) is 0 Å². The lowest BCUT2D eigenvalue weighted by atomic mass is 10.5. The van der Waals surface area contributed by atoms with Crippen molar-refractivity contribution in [3.8, 4) is 0 Å². The number of aliphatic imine (C=N–C) groups is 1. The molecular weight excluding hydrogens is 180 g/mol. The quantitative estimate of drug-likeness (QED) is 0.616. The topological polar surface area (TPSA) is 50.7 Å². The maximum atomic E-state index is 10.2. The third-order valence-electron chi connectivity index (χ3n) is 1.13. The summed E-state index contributed by atoms with van der Waals surface area (Å²) in [6, 6.07) is 0. The van der Waals surface area contributed by atoms with Gasteiger partial charge < -0.3 is 10.1 Å². The zero-order valence-electron chi connectivity index (χ0n) is 6.43. The van der Waals surface area contributed by atoms with Gasteiger partial charge in [-0.25, -0.2) is 4.79 Å². The number of nitrogens with one attached hydrogen (secondary N) is 1. The second-order valence-electron chi connectivity index (χ2n) is 1.94. The second-order valence-corrected chi connectivity index (χ2v) is 2.34. The molecule has 0 bridgehead atoms. The van der Waals surface area contributed by atoms with Crippen molar-refractivity contribution in [3.05, 3.63) is 17.1 Å². The molecule has 0 saturated heterocycles. The number of hydrogen-bond donors (Lipinski definition) is 1. The smallest absolute Gasteiger partial charge is 0.236 e. The van der Waals surface area contributed by atoms with Crippen molar-refractivity contribution in [2.24, 2.45) is 4.99 Å². The van der Waals surface area contributed by atoms with E-state index in [-0.39, 0.29) is 11.7 Å². The van der Waals surface area contributed by atoms with E-state index in [1.807, 2.05) is 0 Å². The van der Waals surface area contributed by atoms with Crippen LogP contribution >= 0.6 is 11.6 Å². The minimum atomic E-state index is 0.0721. The van der Waals surface area contributed by atoms with Crippen LogP contribution in [0.3, 0.4) is 0 Å². The fourth-order valence-electron chi connectivity index (χ4n) is 0.671. The highest BCUT2D eigenvalue weighted by atomic mass is 35.5. The maximum Gasteiger partial charge on any atom is 0.236 e. The summed E-state index contributed by atoms with van der Waals surface area (Å²) in [5.41, 5.74) is 0. The van der Waals surface area contributed by atoms with E-state index in [1.165, 1.54) is 6.20 Å². The Labute approximate surface area is 74.6 Å². The first-order chi connectivity index (χ1) is 5.77. The predicted octanol–water partition coefficient (Wildman–Crippen LogP) is 0.778. The molecule has 64 valence electrons. The number of rotatable bonds is 1. The van der Waals surface area contributed by atoms with Crippen LogP contribution in [0.2, 0.25) is 0 Å². The number of ether oxygens (including phenoxy) is 1. The van der Waals surface area contributed by atoms with Gasteiger partial charge >= 0.3 is 0 Å². The number of carbonyl (C=O) groups excluding carboxylic acids is 1. The van der Waals surface area contributed by atoms with Crippen molar-refractivity contribution in [1.29, 1.82) is 0 Å². The van der Waals surface area contributed by atoms with E-state index in [9.17, 15) is 4.79 Å². The van der Waals surface area contributed by atoms with Gasteiger partial charge in [-0.1, -0.05) is 11.6 Å². The van der Waals surface area contributed by atoms with Crippen molar-refractivity contribution >= 4 is 23.4 Å². The average Bonchev–Trinajstić information content (AvgIpc) is 2.09. The van der Waals surface area contributed by atoms with Crippen molar-refractivity contribution < 1.29 is 9.53 Å². The van der Waals surface area contributed by atoms with Gasteiger partial charge in [0.05, 0.1) is 6.61 Å². The SMILES string of the molecule is CCOC1=NC(=C=O)NC=C1Cl. The van der Waals surface area contributed by atoms with Crippen molar-refractivity contribution in [2.45, 2.75) is 6.92 Å². The fourth-order valence-corrected chi connectivity index (χ4v) is 0.822. The lowest BCUT2D eigenvalue weighted by molar-refractivity contribution is 0.328. The lowest BCUT2D eigenvalue weighted by Gasteiger charge is -2.10. The summed E-state index contributed by atoms with van der Waals surface area (Å²) in [5, 5.41) is 2.88. The molecule has 0 aromatic rings. The Balaban J connectivity index is 2.85. The monoisotopic (exact) mass is 186 g/mol. The Morgan fingerprint density at radius 1 is 1.83 bits per heavy atom. The van der Waals surface area contributed by atoms with Gasteiger partial charge in [0.1, 0.15) is 5.03 Å². The average molecular weight is 187 g/mol. The molecule has 0 amide bonds. The van der Waals surface area contributed by atoms with Gasteiger partial charge in [0, 0.05) is 6.20 Å². The second kappa shape index (κ2) is 3.95. The van der Waals surface area contributed by atoms with Crippen LogP contribution in [0, 0.1) is 0 Å². The van der Waals surface area contributed by atoms with Crippen LogP contribution in [0.4, 0.5) is 0 Å². The number of hydrogen-bond acceptors (Lipinski definition) is 4. The molecule has 0 unspecified atom stereocenters. The molecule has 0 saturated carbocycles. The number of nitrogens with zero attached hydrogens (tertiary/aromatic N) is 1. The Morgan fingerprint density at radius 2 is 2.58 bits per heavy atom. The largest absolute Gasteiger partial charge is 0.477 e. The molecule has 0 atom stereocenters. The molecule has 4 nitrogen and oxygen atoms in total. The molecule has 1 rings (SSSR count). The van der Waals surface area contributed by atoms with Crippen LogP contribution in [0.15, 0.2) is 22.0 Å². The van der Waals surface area contributed by atoms with Crippen LogP contribution in [-0.4, -0.2) is 18.4 Å². The highest BCUT2D eigenvalue weighted by molar-refractivity contribution is 6.42. The molecule has 0 spiro atoms. The highest BCUT2D eigenvalue weighted by Crippen LogP contribution is 2.10. The van der Waals surface area contributed by atoms with Crippen LogP contribution in [0.5, 0.6) is 0 Å². The zero-order chi connectivity index (χ0) is 8.97. The molecule has 0 radical (unpaired) electrons. The van der Waals surface area contributed by atoms with Crippen LogP contribution in [0.1, 0.15) is 6.92 Å². The first-order valence-corrected chi connectivity index (χ1v) is 3.75. The Morgan fingerprint density at radius 3 is 3.17 bits per heavy atom. The molecular formula is C7H7ClN2O2. The highest BCUT2D eigenvalue weighted by Gasteiger charge is 2.11. The summed E-state index contributed by atoms with van der Waals surface area (Å²) in [6.07, 6.45) is 1.43. The summed E-state index contributed by atoms with van der Waals surface area (Å²) in [5.74, 6) is 1.92. The van der Waals surface area contributed by atoms with Gasteiger partial charge in [0.15, 0.2) is 5.94 Å². The van der Waals surface area contributed by atoms with Crippen LogP contribution in [-0.2, 0) is 9.53 Å². The van der Waals surface area contributed by atoms with E-state index in [0.29, 0.717) is 11.6 Å². The van der Waals surface area contributed by atoms with Crippen LogP contribution in [0.25, 0.3) is 0 Å². The van der Waals surface area contributed by atoms with E-state index < -0.39 is 0 Å². The molecule has 0 aromatic heterocycles. The normalized spacial score (nSPS) is 15.7. The Bertz CT molecular complexity index is 290. The molecule has 1 aliphatic rings. The zero-order valence-corrected chi connectivity index (χ0v) is 7.18. The van der Waals surface area contributed by atoms with E-state index in [0.717, 1.165) is 0 Å². The van der Waals surface area contributed by atoms with Gasteiger partial charge in [-0.3, -0.25) is 0 Å². The lowest BCUT2D eigenvalue weighted by Crippen LogP contribution is -2.17. The molecule has 1 N–H and O–H groups in total. The predicted molar refractivity (Wildman–Crippen MR) is 45.3 cm³/mol. The van der Waals surface area contributed by atoms with Crippen molar-refractivity contribution in [1.82, 2.24) is 5.32 Å².